The minimum absolute atomic E-state index is 0. The molecule has 0 saturated carbocycles. The molecule has 9 heteroatoms. The van der Waals surface area contributed by atoms with Gasteiger partial charge in [-0.05, 0) is 0 Å². The van der Waals surface area contributed by atoms with E-state index in [-0.39, 0.29) is 31.0 Å². The Balaban J connectivity index is -0.000000845. The third-order valence-corrected chi connectivity index (χ3v) is 1.50. The van der Waals surface area contributed by atoms with Gasteiger partial charge in [0, 0.05) is 0 Å². The second kappa shape index (κ2) is 7.12. The molecule has 0 aliphatic heterocycles. The van der Waals surface area contributed by atoms with Crippen LogP contribution in [-0.2, 0) is 9.59 Å². The van der Waals surface area contributed by atoms with E-state index in [0.29, 0.717) is 0 Å². The second-order valence-electron chi connectivity index (χ2n) is 2.55. The quantitative estimate of drug-likeness (QED) is 0.256. The van der Waals surface area contributed by atoms with E-state index in [9.17, 15) is 9.59 Å². The van der Waals surface area contributed by atoms with Crippen LogP contribution in [0.3, 0.4) is 0 Å². The molecule has 4 atom stereocenters. The first-order valence-electron chi connectivity index (χ1n) is 3.47. The van der Waals surface area contributed by atoms with Crippen molar-refractivity contribution in [2.75, 3.05) is 0 Å². The van der Waals surface area contributed by atoms with Crippen LogP contribution in [0, 0.1) is 0 Å². The van der Waals surface area contributed by atoms with Crippen molar-refractivity contribution in [3.05, 3.63) is 0 Å². The Hall–Kier alpha value is -0.220. The van der Waals surface area contributed by atoms with Crippen molar-refractivity contribution in [2.45, 2.75) is 24.4 Å². The molecule has 0 saturated heterocycles. The average Bonchev–Trinajstić information content (AvgIpc) is 2.12. The van der Waals surface area contributed by atoms with Crippen LogP contribution in [0.25, 0.3) is 0 Å². The molecule has 0 amide bonds. The van der Waals surface area contributed by atoms with Gasteiger partial charge in [0.25, 0.3) is 0 Å². The van der Waals surface area contributed by atoms with E-state index in [2.05, 4.69) is 0 Å². The van der Waals surface area contributed by atoms with E-state index in [1.807, 2.05) is 0 Å². The number of hydrogen-bond donors (Lipinski definition) is 6. The zero-order valence-electron chi connectivity index (χ0n) is 8.81. The van der Waals surface area contributed by atoms with Gasteiger partial charge >= 0.3 is 41.5 Å². The van der Waals surface area contributed by atoms with E-state index < -0.39 is 36.4 Å². The van der Waals surface area contributed by atoms with Gasteiger partial charge in [-0.1, -0.05) is 0 Å². The number of carboxylic acids is 2. The second-order valence-corrected chi connectivity index (χ2v) is 2.55. The molecule has 0 spiro atoms. The number of aliphatic hydroxyl groups excluding tert-OH is 4. The fraction of sp³-hybridized carbons (Fsp3) is 0.667. The zero-order chi connectivity index (χ0) is 11.5. The molecule has 15 heavy (non-hydrogen) atoms. The van der Waals surface area contributed by atoms with Gasteiger partial charge in [0.15, 0.2) is 12.2 Å². The van der Waals surface area contributed by atoms with Gasteiger partial charge < -0.3 is 32.1 Å². The normalized spacial score (nSPS) is 18.1. The molecule has 0 aromatic heterocycles. The van der Waals surface area contributed by atoms with Gasteiger partial charge in [-0.15, -0.1) is 0 Å². The minimum Gasteiger partial charge on any atom is -1.00 e. The molecule has 0 fully saturated rings. The molecular weight excluding hydrogens is 223 g/mol. The van der Waals surface area contributed by atoms with Crippen LogP contribution in [-0.4, -0.2) is 67.0 Å². The van der Waals surface area contributed by atoms with Crippen LogP contribution in [0.15, 0.2) is 0 Å². The van der Waals surface area contributed by atoms with Crippen molar-refractivity contribution in [2.24, 2.45) is 0 Å². The Morgan fingerprint density at radius 1 is 0.800 bits per heavy atom. The maximum atomic E-state index is 10.1. The molecular formula is C6H11NaO8. The Kier molecular flexibility index (Phi) is 8.16. The standard InChI is InChI=1S/C6H10O8.Na.H/c7-1(3(9)5(11)12)2(8)4(10)6(13)14;;/h1-4,7-10H,(H,11,12)(H,13,14);;/q;+1;-1/t1-,2-,3-,4+;;/m0../s1. The maximum absolute atomic E-state index is 10.1. The Bertz CT molecular complexity index is 213. The van der Waals surface area contributed by atoms with Gasteiger partial charge in [0.1, 0.15) is 12.2 Å². The summed E-state index contributed by atoms with van der Waals surface area (Å²) in [4.78, 5) is 20.2. The molecule has 0 bridgehead atoms. The molecule has 0 unspecified atom stereocenters. The molecule has 84 valence electrons. The fourth-order valence-electron chi connectivity index (χ4n) is 0.666. The molecule has 6 N–H and O–H groups in total. The molecule has 0 rings (SSSR count). The van der Waals surface area contributed by atoms with Crippen molar-refractivity contribution in [3.8, 4) is 0 Å². The van der Waals surface area contributed by atoms with Crippen LogP contribution in [0.5, 0.6) is 0 Å². The van der Waals surface area contributed by atoms with Crippen LogP contribution < -0.4 is 29.6 Å². The van der Waals surface area contributed by atoms with Gasteiger partial charge in [0.2, 0.25) is 0 Å². The Labute approximate surface area is 108 Å². The Morgan fingerprint density at radius 2 is 1.00 bits per heavy atom. The number of carboxylic acid groups (broad SMARTS) is 2. The van der Waals surface area contributed by atoms with E-state index in [1.165, 1.54) is 0 Å². The van der Waals surface area contributed by atoms with Gasteiger partial charge in [-0.3, -0.25) is 0 Å². The summed E-state index contributed by atoms with van der Waals surface area (Å²) in [6, 6.07) is 0. The zero-order valence-corrected chi connectivity index (χ0v) is 9.81. The number of rotatable bonds is 5. The third kappa shape index (κ3) is 4.89. The Morgan fingerprint density at radius 3 is 1.13 bits per heavy atom. The summed E-state index contributed by atoms with van der Waals surface area (Å²) in [6.07, 6.45) is -9.28. The van der Waals surface area contributed by atoms with E-state index in [0.717, 1.165) is 0 Å². The van der Waals surface area contributed by atoms with Gasteiger partial charge in [-0.25, -0.2) is 9.59 Å². The summed E-state index contributed by atoms with van der Waals surface area (Å²) < 4.78 is 0. The SMILES string of the molecule is O=C(O)[C@@H](O)[C@@H](O)[C@H](O)[C@@H](O)C(=O)O.[H-].[Na+]. The smallest absolute Gasteiger partial charge is 1.00 e. The van der Waals surface area contributed by atoms with Crippen LogP contribution in [0.4, 0.5) is 0 Å². The largest absolute Gasteiger partial charge is 1.00 e. The fourth-order valence-corrected chi connectivity index (χ4v) is 0.666. The molecule has 8 nitrogen and oxygen atoms in total. The summed E-state index contributed by atoms with van der Waals surface area (Å²) in [5.41, 5.74) is 0. The first-order valence-corrected chi connectivity index (χ1v) is 3.47. The first-order chi connectivity index (χ1) is 6.29. The summed E-state index contributed by atoms with van der Waals surface area (Å²) >= 11 is 0. The summed E-state index contributed by atoms with van der Waals surface area (Å²) in [5, 5.41) is 51.5. The van der Waals surface area contributed by atoms with Crippen LogP contribution >= 0.6 is 0 Å². The van der Waals surface area contributed by atoms with Gasteiger partial charge in [0.05, 0.1) is 0 Å². The predicted molar refractivity (Wildman–Crippen MR) is 40.4 cm³/mol. The topological polar surface area (TPSA) is 156 Å². The molecule has 0 heterocycles. The van der Waals surface area contributed by atoms with Crippen molar-refractivity contribution in [1.29, 1.82) is 0 Å². The number of aliphatic hydroxyl groups is 4. The van der Waals surface area contributed by atoms with Crippen molar-refractivity contribution >= 4 is 11.9 Å². The van der Waals surface area contributed by atoms with E-state index in [4.69, 9.17) is 30.6 Å². The van der Waals surface area contributed by atoms with Crippen molar-refractivity contribution in [1.82, 2.24) is 0 Å². The maximum Gasteiger partial charge on any atom is 1.00 e. The minimum atomic E-state index is -2.36. The van der Waals surface area contributed by atoms with Crippen LogP contribution in [0.2, 0.25) is 0 Å². The van der Waals surface area contributed by atoms with Crippen LogP contribution in [0.1, 0.15) is 1.43 Å². The molecule has 0 aliphatic carbocycles. The summed E-state index contributed by atoms with van der Waals surface area (Å²) in [7, 11) is 0. The monoisotopic (exact) mass is 234 g/mol. The number of hydrogen-bond acceptors (Lipinski definition) is 6. The average molecular weight is 234 g/mol. The molecule has 0 radical (unpaired) electrons. The summed E-state index contributed by atoms with van der Waals surface area (Å²) in [5.74, 6) is -3.68. The van der Waals surface area contributed by atoms with E-state index in [1.54, 1.807) is 0 Å². The van der Waals surface area contributed by atoms with Gasteiger partial charge in [-0.2, -0.15) is 0 Å². The van der Waals surface area contributed by atoms with Crippen molar-refractivity contribution < 1.29 is 71.2 Å². The molecule has 0 aliphatic rings. The van der Waals surface area contributed by atoms with E-state index >= 15 is 0 Å². The predicted octanol–water partition coefficient (Wildman–Crippen LogP) is -6.28. The molecule has 0 aromatic rings. The third-order valence-electron chi connectivity index (χ3n) is 1.50. The molecule has 0 aromatic carbocycles. The number of carbonyl (C=O) groups is 2. The van der Waals surface area contributed by atoms with Crippen molar-refractivity contribution in [3.63, 3.8) is 0 Å². The summed E-state index contributed by atoms with van der Waals surface area (Å²) in [6.45, 7) is 0. The number of aliphatic carboxylic acids is 2. The first kappa shape index (κ1) is 17.2.